The number of carbonyl (C=O) groups is 3. The molecule has 7 heteroatoms. The number of benzene rings is 1. The standard InChI is InChI=1S/C18H14N2O4S/c1-10(21)11-4-3-5-12(8-11)15-7-6-13(24-15)9-14-16(22)19-18(25)20(2)17(14)23/h3-9H,1-2H3,(H,19,22,25)/b14-9+. The van der Waals surface area contributed by atoms with Crippen molar-refractivity contribution in [1.29, 1.82) is 0 Å². The molecule has 0 radical (unpaired) electrons. The second-order valence-electron chi connectivity index (χ2n) is 5.52. The topological polar surface area (TPSA) is 79.6 Å². The average Bonchev–Trinajstić information content (AvgIpc) is 3.05. The van der Waals surface area contributed by atoms with Crippen LogP contribution in [0.2, 0.25) is 0 Å². The Labute approximate surface area is 149 Å². The molecule has 0 aliphatic carbocycles. The van der Waals surface area contributed by atoms with Gasteiger partial charge in [0.25, 0.3) is 11.8 Å². The number of nitrogens with one attached hydrogen (secondary N) is 1. The summed E-state index contributed by atoms with van der Waals surface area (Å²) in [7, 11) is 1.48. The van der Waals surface area contributed by atoms with Crippen molar-refractivity contribution in [3.8, 4) is 11.3 Å². The lowest BCUT2D eigenvalue weighted by Crippen LogP contribution is -2.52. The van der Waals surface area contributed by atoms with Gasteiger partial charge in [-0.1, -0.05) is 18.2 Å². The van der Waals surface area contributed by atoms with Gasteiger partial charge < -0.3 is 4.42 Å². The number of hydrogen-bond acceptors (Lipinski definition) is 5. The molecular weight excluding hydrogens is 340 g/mol. The Hall–Kier alpha value is -3.06. The van der Waals surface area contributed by atoms with E-state index in [2.05, 4.69) is 5.32 Å². The molecule has 1 fully saturated rings. The SMILES string of the molecule is CC(=O)c1cccc(-c2ccc(/C=C3\C(=O)NC(=S)N(C)C3=O)o2)c1. The maximum atomic E-state index is 12.2. The second-order valence-corrected chi connectivity index (χ2v) is 5.91. The molecule has 2 amide bonds. The molecule has 1 saturated heterocycles. The summed E-state index contributed by atoms with van der Waals surface area (Å²) in [6, 6.07) is 10.4. The van der Waals surface area contributed by atoms with Gasteiger partial charge in [0.05, 0.1) is 0 Å². The second kappa shape index (κ2) is 6.45. The Morgan fingerprint density at radius 1 is 1.24 bits per heavy atom. The molecule has 0 atom stereocenters. The van der Waals surface area contributed by atoms with Gasteiger partial charge in [-0.2, -0.15) is 0 Å². The quantitative estimate of drug-likeness (QED) is 0.396. The first-order chi connectivity index (χ1) is 11.9. The predicted octanol–water partition coefficient (Wildman–Crippen LogP) is 2.41. The Morgan fingerprint density at radius 3 is 2.72 bits per heavy atom. The highest BCUT2D eigenvalue weighted by Gasteiger charge is 2.31. The average molecular weight is 354 g/mol. The van der Waals surface area contributed by atoms with Crippen molar-refractivity contribution < 1.29 is 18.8 Å². The highest BCUT2D eigenvalue weighted by atomic mass is 32.1. The molecule has 126 valence electrons. The summed E-state index contributed by atoms with van der Waals surface area (Å²) in [6.07, 6.45) is 1.37. The fraction of sp³-hybridized carbons (Fsp3) is 0.111. The maximum Gasteiger partial charge on any atom is 0.265 e. The van der Waals surface area contributed by atoms with Crippen LogP contribution in [0.15, 0.2) is 46.4 Å². The third kappa shape index (κ3) is 3.27. The van der Waals surface area contributed by atoms with Gasteiger partial charge in [0.1, 0.15) is 17.1 Å². The number of ketones is 1. The maximum absolute atomic E-state index is 12.2. The Kier molecular flexibility index (Phi) is 4.33. The molecule has 0 unspecified atom stereocenters. The van der Waals surface area contributed by atoms with Crippen LogP contribution in [-0.4, -0.2) is 34.7 Å². The largest absolute Gasteiger partial charge is 0.457 e. The first-order valence-corrected chi connectivity index (χ1v) is 7.84. The van der Waals surface area contributed by atoms with Crippen LogP contribution in [0.3, 0.4) is 0 Å². The fourth-order valence-electron chi connectivity index (χ4n) is 2.36. The molecule has 0 spiro atoms. The summed E-state index contributed by atoms with van der Waals surface area (Å²) in [4.78, 5) is 36.8. The first-order valence-electron chi connectivity index (χ1n) is 7.43. The summed E-state index contributed by atoms with van der Waals surface area (Å²) >= 11 is 4.90. The Balaban J connectivity index is 1.93. The van der Waals surface area contributed by atoms with Crippen molar-refractivity contribution in [2.24, 2.45) is 0 Å². The summed E-state index contributed by atoms with van der Waals surface area (Å²) in [5, 5.41) is 2.50. The molecule has 1 aliphatic rings. The summed E-state index contributed by atoms with van der Waals surface area (Å²) in [5.41, 5.74) is 1.25. The Bertz CT molecular complexity index is 942. The number of hydrogen-bond donors (Lipinski definition) is 1. The molecule has 0 saturated carbocycles. The molecule has 25 heavy (non-hydrogen) atoms. The Morgan fingerprint density at radius 2 is 2.00 bits per heavy atom. The number of amides is 2. The zero-order chi connectivity index (χ0) is 18.1. The molecule has 2 heterocycles. The van der Waals surface area contributed by atoms with E-state index in [-0.39, 0.29) is 16.5 Å². The number of thiocarbonyl (C=S) groups is 1. The minimum Gasteiger partial charge on any atom is -0.457 e. The number of rotatable bonds is 3. The van der Waals surface area contributed by atoms with Gasteiger partial charge in [0, 0.05) is 18.2 Å². The molecule has 1 aliphatic heterocycles. The van der Waals surface area contributed by atoms with Crippen LogP contribution < -0.4 is 5.32 Å². The van der Waals surface area contributed by atoms with Crippen molar-refractivity contribution in [1.82, 2.24) is 10.2 Å². The number of likely N-dealkylation sites (N-methyl/N-ethyl adjacent to an activating group) is 1. The van der Waals surface area contributed by atoms with Crippen LogP contribution in [0.4, 0.5) is 0 Å². The lowest BCUT2D eigenvalue weighted by Gasteiger charge is -2.24. The van der Waals surface area contributed by atoms with Crippen LogP contribution in [0.5, 0.6) is 0 Å². The van der Waals surface area contributed by atoms with Crippen LogP contribution in [0.25, 0.3) is 17.4 Å². The molecule has 6 nitrogen and oxygen atoms in total. The number of furan rings is 1. The highest BCUT2D eigenvalue weighted by molar-refractivity contribution is 7.80. The molecule has 1 N–H and O–H groups in total. The summed E-state index contributed by atoms with van der Waals surface area (Å²) in [6.45, 7) is 1.49. The third-order valence-corrected chi connectivity index (χ3v) is 4.15. The zero-order valence-corrected chi connectivity index (χ0v) is 14.3. The fourth-order valence-corrected chi connectivity index (χ4v) is 2.54. The smallest absolute Gasteiger partial charge is 0.265 e. The minimum absolute atomic E-state index is 0.0424. The van der Waals surface area contributed by atoms with E-state index in [1.165, 1.54) is 24.9 Å². The molecular formula is C18H14N2O4S. The summed E-state index contributed by atoms with van der Waals surface area (Å²) in [5.74, 6) is -0.223. The zero-order valence-electron chi connectivity index (χ0n) is 13.5. The van der Waals surface area contributed by atoms with Gasteiger partial charge >= 0.3 is 0 Å². The monoisotopic (exact) mass is 354 g/mol. The van der Waals surface area contributed by atoms with Crippen LogP contribution >= 0.6 is 12.2 Å². The van der Waals surface area contributed by atoms with Crippen molar-refractivity contribution >= 4 is 41.0 Å². The van der Waals surface area contributed by atoms with E-state index < -0.39 is 11.8 Å². The van der Waals surface area contributed by atoms with Gasteiger partial charge in [-0.05, 0) is 43.4 Å². The molecule has 0 bridgehead atoms. The number of nitrogens with zero attached hydrogens (tertiary/aromatic N) is 1. The highest BCUT2D eigenvalue weighted by Crippen LogP contribution is 2.25. The van der Waals surface area contributed by atoms with Crippen molar-refractivity contribution in [2.45, 2.75) is 6.92 Å². The van der Waals surface area contributed by atoms with Crippen molar-refractivity contribution in [3.63, 3.8) is 0 Å². The van der Waals surface area contributed by atoms with Gasteiger partial charge in [-0.25, -0.2) is 0 Å². The van der Waals surface area contributed by atoms with Gasteiger partial charge in [-0.15, -0.1) is 0 Å². The van der Waals surface area contributed by atoms with E-state index in [0.29, 0.717) is 17.1 Å². The van der Waals surface area contributed by atoms with E-state index in [4.69, 9.17) is 16.6 Å². The van der Waals surface area contributed by atoms with E-state index in [1.54, 1.807) is 30.3 Å². The number of Topliss-reactive ketones (excluding diaryl/α,β-unsaturated/α-hetero) is 1. The number of carbonyl (C=O) groups excluding carboxylic acids is 3. The summed E-state index contributed by atoms with van der Waals surface area (Å²) < 4.78 is 5.69. The minimum atomic E-state index is -0.565. The lowest BCUT2D eigenvalue weighted by atomic mass is 10.1. The molecule has 2 aromatic rings. The predicted molar refractivity (Wildman–Crippen MR) is 95.6 cm³/mol. The van der Waals surface area contributed by atoms with Crippen molar-refractivity contribution in [3.05, 3.63) is 53.3 Å². The molecule has 1 aromatic carbocycles. The van der Waals surface area contributed by atoms with E-state index in [1.807, 2.05) is 6.07 Å². The van der Waals surface area contributed by atoms with Crippen LogP contribution in [-0.2, 0) is 9.59 Å². The van der Waals surface area contributed by atoms with E-state index in [9.17, 15) is 14.4 Å². The van der Waals surface area contributed by atoms with Crippen molar-refractivity contribution in [2.75, 3.05) is 7.05 Å². The van der Waals surface area contributed by atoms with Gasteiger partial charge in [0.15, 0.2) is 10.9 Å². The van der Waals surface area contributed by atoms with Gasteiger partial charge in [-0.3, -0.25) is 24.6 Å². The van der Waals surface area contributed by atoms with Gasteiger partial charge in [0.2, 0.25) is 0 Å². The van der Waals surface area contributed by atoms with Crippen LogP contribution in [0, 0.1) is 0 Å². The van der Waals surface area contributed by atoms with Crippen LogP contribution in [0.1, 0.15) is 23.0 Å². The lowest BCUT2D eigenvalue weighted by molar-refractivity contribution is -0.128. The molecule has 1 aromatic heterocycles. The normalized spacial score (nSPS) is 16.3. The first kappa shape index (κ1) is 16.8. The molecule has 3 rings (SSSR count). The third-order valence-electron chi connectivity index (χ3n) is 3.77. The van der Waals surface area contributed by atoms with E-state index in [0.717, 1.165) is 5.56 Å². The van der Waals surface area contributed by atoms with E-state index >= 15 is 0 Å².